The maximum atomic E-state index is 12.6. The molecule has 1 unspecified atom stereocenters. The highest BCUT2D eigenvalue weighted by Gasteiger charge is 2.41. The van der Waals surface area contributed by atoms with Gasteiger partial charge in [0.25, 0.3) is 5.78 Å². The van der Waals surface area contributed by atoms with E-state index in [1.807, 2.05) is 29.5 Å². The van der Waals surface area contributed by atoms with Gasteiger partial charge in [0.2, 0.25) is 0 Å². The molecule has 2 aliphatic rings. The van der Waals surface area contributed by atoms with E-state index >= 15 is 0 Å². The number of thiophene rings is 2. The third kappa shape index (κ3) is 2.37. The van der Waals surface area contributed by atoms with Gasteiger partial charge >= 0.3 is 5.91 Å². The summed E-state index contributed by atoms with van der Waals surface area (Å²) in [6, 6.07) is 14.0. The van der Waals surface area contributed by atoms with E-state index in [-0.39, 0.29) is 11.8 Å². The van der Waals surface area contributed by atoms with E-state index in [1.54, 1.807) is 22.3 Å². The molecule has 0 saturated carbocycles. The van der Waals surface area contributed by atoms with Crippen molar-refractivity contribution in [3.63, 3.8) is 0 Å². The van der Waals surface area contributed by atoms with E-state index in [4.69, 9.17) is 0 Å². The molecule has 1 N–H and O–H groups in total. The Bertz CT molecular complexity index is 993. The lowest BCUT2D eigenvalue weighted by atomic mass is 9.99. The van der Waals surface area contributed by atoms with E-state index in [0.717, 1.165) is 18.7 Å². The van der Waals surface area contributed by atoms with Crippen molar-refractivity contribution in [3.8, 4) is 0 Å². The van der Waals surface area contributed by atoms with Gasteiger partial charge in [-0.15, -0.1) is 22.7 Å². The second-order valence-electron chi connectivity index (χ2n) is 6.64. The molecular formula is C20H17N2O2S2+. The van der Waals surface area contributed by atoms with Crippen LogP contribution in [0.25, 0.3) is 0 Å². The van der Waals surface area contributed by atoms with Crippen LogP contribution in [-0.2, 0) is 11.2 Å². The molecule has 6 heteroatoms. The summed E-state index contributed by atoms with van der Waals surface area (Å²) in [7, 11) is 0. The molecule has 1 aromatic carbocycles. The minimum atomic E-state index is -0.403. The van der Waals surface area contributed by atoms with Crippen LogP contribution in [0.4, 0.5) is 5.69 Å². The molecule has 0 radical (unpaired) electrons. The van der Waals surface area contributed by atoms with Crippen molar-refractivity contribution in [2.24, 2.45) is 0 Å². The molecule has 0 spiro atoms. The number of nitrogens with one attached hydrogen (secondary N) is 1. The lowest BCUT2D eigenvalue weighted by Gasteiger charge is -2.34. The molecule has 2 atom stereocenters. The van der Waals surface area contributed by atoms with Crippen molar-refractivity contribution in [3.05, 3.63) is 74.1 Å². The number of hydrogen-bond donors (Lipinski definition) is 1. The number of rotatable bonds is 3. The van der Waals surface area contributed by atoms with Gasteiger partial charge in [0.05, 0.1) is 22.7 Å². The summed E-state index contributed by atoms with van der Waals surface area (Å²) in [5, 5.41) is 4.27. The number of anilines is 1. The van der Waals surface area contributed by atoms with E-state index in [2.05, 4.69) is 29.0 Å². The Morgan fingerprint density at radius 1 is 1.04 bits per heavy atom. The summed E-state index contributed by atoms with van der Waals surface area (Å²) in [5.41, 5.74) is 2.64. The van der Waals surface area contributed by atoms with Crippen molar-refractivity contribution in [2.75, 3.05) is 18.1 Å². The Morgan fingerprint density at radius 3 is 2.77 bits per heavy atom. The Kier molecular flexibility index (Phi) is 3.77. The summed E-state index contributed by atoms with van der Waals surface area (Å²) in [5.74, 6) is -0.791. The van der Waals surface area contributed by atoms with E-state index in [0.29, 0.717) is 12.2 Å². The number of para-hydroxylation sites is 1. The molecule has 2 aliphatic heterocycles. The molecule has 0 aliphatic carbocycles. The van der Waals surface area contributed by atoms with E-state index < -0.39 is 5.91 Å². The second kappa shape index (κ2) is 6.16. The first-order chi connectivity index (χ1) is 12.7. The number of carbonyl (C=O) groups is 2. The molecule has 1 amide bonds. The summed E-state index contributed by atoms with van der Waals surface area (Å²) < 4.78 is 0. The zero-order valence-corrected chi connectivity index (χ0v) is 15.6. The Hall–Kier alpha value is -2.28. The third-order valence-corrected chi connectivity index (χ3v) is 7.17. The quantitative estimate of drug-likeness (QED) is 0.709. The average Bonchev–Trinajstić information content (AvgIpc) is 3.39. The third-order valence-electron chi connectivity index (χ3n) is 5.24. The summed E-state index contributed by atoms with van der Waals surface area (Å²) in [4.78, 5) is 30.7. The predicted molar refractivity (Wildman–Crippen MR) is 103 cm³/mol. The molecular weight excluding hydrogens is 364 g/mol. The summed E-state index contributed by atoms with van der Waals surface area (Å²) in [6.45, 7) is 1.47. The largest absolute Gasteiger partial charge is 0.306 e. The lowest BCUT2D eigenvalue weighted by Crippen LogP contribution is -3.15. The van der Waals surface area contributed by atoms with Crippen LogP contribution in [0.2, 0.25) is 0 Å². The van der Waals surface area contributed by atoms with Gasteiger partial charge in [-0.1, -0.05) is 18.2 Å². The highest BCUT2D eigenvalue weighted by atomic mass is 32.1. The zero-order valence-electron chi connectivity index (χ0n) is 14.0. The molecule has 0 saturated heterocycles. The van der Waals surface area contributed by atoms with Crippen molar-refractivity contribution >= 4 is 40.1 Å². The van der Waals surface area contributed by atoms with Crippen LogP contribution in [0.3, 0.4) is 0 Å². The summed E-state index contributed by atoms with van der Waals surface area (Å²) >= 11 is 3.58. The van der Waals surface area contributed by atoms with Crippen molar-refractivity contribution in [1.29, 1.82) is 0 Å². The van der Waals surface area contributed by atoms with Gasteiger partial charge in [0.15, 0.2) is 12.7 Å². The van der Waals surface area contributed by atoms with Crippen molar-refractivity contribution < 1.29 is 14.5 Å². The number of quaternary nitrogens is 1. The monoisotopic (exact) mass is 381 g/mol. The van der Waals surface area contributed by atoms with Crippen LogP contribution in [0, 0.1) is 0 Å². The number of hydrogen-bond acceptors (Lipinski definition) is 4. The number of Topliss-reactive ketones (excluding diaryl/α,β-unsaturated/α-hetero) is 1. The maximum absolute atomic E-state index is 12.6. The molecule has 5 rings (SSSR count). The van der Waals surface area contributed by atoms with Gasteiger partial charge in [-0.25, -0.2) is 0 Å². The Balaban J connectivity index is 1.52. The van der Waals surface area contributed by atoms with Crippen LogP contribution >= 0.6 is 22.7 Å². The SMILES string of the molecule is O=C1C(=O)N(C[NH+]2CCc3sccc3[C@H]2c2cccs2)c2ccccc21. The molecule has 0 fully saturated rings. The maximum Gasteiger partial charge on any atom is 0.303 e. The van der Waals surface area contributed by atoms with Gasteiger partial charge in [0, 0.05) is 16.9 Å². The Morgan fingerprint density at radius 2 is 1.92 bits per heavy atom. The van der Waals surface area contributed by atoms with Crippen LogP contribution in [0.5, 0.6) is 0 Å². The fourth-order valence-electron chi connectivity index (χ4n) is 4.04. The topological polar surface area (TPSA) is 41.8 Å². The smallest absolute Gasteiger partial charge is 0.303 e. The van der Waals surface area contributed by atoms with E-state index in [9.17, 15) is 9.59 Å². The highest BCUT2D eigenvalue weighted by molar-refractivity contribution is 7.10. The first kappa shape index (κ1) is 15.9. The van der Waals surface area contributed by atoms with Gasteiger partial charge in [0.1, 0.15) is 0 Å². The van der Waals surface area contributed by atoms with Gasteiger partial charge in [-0.3, -0.25) is 14.5 Å². The van der Waals surface area contributed by atoms with Crippen molar-refractivity contribution in [1.82, 2.24) is 0 Å². The molecule has 26 heavy (non-hydrogen) atoms. The fraction of sp³-hybridized carbons (Fsp3) is 0.200. The first-order valence-electron chi connectivity index (χ1n) is 8.63. The zero-order chi connectivity index (χ0) is 17.7. The van der Waals surface area contributed by atoms with Crippen molar-refractivity contribution in [2.45, 2.75) is 12.5 Å². The lowest BCUT2D eigenvalue weighted by molar-refractivity contribution is -0.926. The minimum absolute atomic E-state index is 0.223. The standard InChI is InChI=1S/C20H16N2O2S2/c23-19-13-4-1-2-5-15(13)22(20(19)24)12-21-9-7-16-14(8-11-26-16)18(21)17-6-3-10-25-17/h1-6,8,10-11,18H,7,9,12H2/p+1/t18-/m0/s1. The van der Waals surface area contributed by atoms with Gasteiger partial charge in [-0.2, -0.15) is 0 Å². The fourth-order valence-corrected chi connectivity index (χ4v) is 5.86. The molecule has 2 aromatic heterocycles. The van der Waals surface area contributed by atoms with Crippen LogP contribution < -0.4 is 9.80 Å². The normalized spacial score (nSPS) is 21.8. The van der Waals surface area contributed by atoms with E-state index in [1.165, 1.54) is 20.2 Å². The number of carbonyl (C=O) groups excluding carboxylic acids is 2. The molecule has 130 valence electrons. The van der Waals surface area contributed by atoms with Crippen LogP contribution in [-0.4, -0.2) is 24.9 Å². The van der Waals surface area contributed by atoms with Gasteiger partial charge in [-0.05, 0) is 35.0 Å². The Labute approximate surface area is 159 Å². The number of benzene rings is 1. The number of ketones is 1. The van der Waals surface area contributed by atoms with Crippen LogP contribution in [0.1, 0.15) is 31.7 Å². The predicted octanol–water partition coefficient (Wildman–Crippen LogP) is 2.53. The number of amides is 1. The summed E-state index contributed by atoms with van der Waals surface area (Å²) in [6.07, 6.45) is 1.02. The molecule has 0 bridgehead atoms. The second-order valence-corrected chi connectivity index (χ2v) is 8.62. The molecule has 4 nitrogen and oxygen atoms in total. The number of fused-ring (bicyclic) bond motifs is 2. The first-order valence-corrected chi connectivity index (χ1v) is 10.4. The molecule has 3 aromatic rings. The molecule has 4 heterocycles. The number of nitrogens with zero attached hydrogens (tertiary/aromatic N) is 1. The average molecular weight is 382 g/mol. The highest BCUT2D eigenvalue weighted by Crippen LogP contribution is 2.33. The van der Waals surface area contributed by atoms with Gasteiger partial charge < -0.3 is 4.90 Å². The minimum Gasteiger partial charge on any atom is -0.306 e. The van der Waals surface area contributed by atoms with Crippen LogP contribution in [0.15, 0.2) is 53.2 Å².